The lowest BCUT2D eigenvalue weighted by Gasteiger charge is -2.26. The molecule has 2 aliphatic heterocycles. The van der Waals surface area contributed by atoms with E-state index in [0.29, 0.717) is 41.5 Å². The van der Waals surface area contributed by atoms with Crippen LogP contribution in [0.1, 0.15) is 29.7 Å². The van der Waals surface area contributed by atoms with Crippen LogP contribution in [0.2, 0.25) is 0 Å². The third kappa shape index (κ3) is 3.69. The second-order valence-electron chi connectivity index (χ2n) is 8.10. The molecule has 1 amide bonds. The van der Waals surface area contributed by atoms with E-state index in [2.05, 4.69) is 0 Å². The fourth-order valence-electron chi connectivity index (χ4n) is 4.30. The van der Waals surface area contributed by atoms with Gasteiger partial charge in [0.05, 0.1) is 11.6 Å². The van der Waals surface area contributed by atoms with E-state index < -0.39 is 23.5 Å². The SMILES string of the molecule is CCc1ccc(N2C(=O)C(=O)/C(=C(\O)c3ccc4c(c3)OCCO4)C2c2ccc(F)cc2)cc1. The van der Waals surface area contributed by atoms with E-state index >= 15 is 0 Å². The van der Waals surface area contributed by atoms with Gasteiger partial charge in [-0.1, -0.05) is 31.2 Å². The summed E-state index contributed by atoms with van der Waals surface area (Å²) in [5.41, 5.74) is 2.33. The lowest BCUT2D eigenvalue weighted by atomic mass is 9.95. The lowest BCUT2D eigenvalue weighted by molar-refractivity contribution is -0.132. The van der Waals surface area contributed by atoms with Gasteiger partial charge in [0, 0.05) is 11.3 Å². The smallest absolute Gasteiger partial charge is 0.300 e. The molecule has 0 aliphatic carbocycles. The number of aryl methyl sites for hydroxylation is 1. The van der Waals surface area contributed by atoms with Crippen LogP contribution >= 0.6 is 0 Å². The highest BCUT2D eigenvalue weighted by Crippen LogP contribution is 2.43. The Hall–Kier alpha value is -4.13. The van der Waals surface area contributed by atoms with Crippen molar-refractivity contribution in [1.82, 2.24) is 0 Å². The van der Waals surface area contributed by atoms with Crippen molar-refractivity contribution in [2.45, 2.75) is 19.4 Å². The molecule has 3 aromatic carbocycles. The number of fused-ring (bicyclic) bond motifs is 1. The van der Waals surface area contributed by atoms with Crippen molar-refractivity contribution in [1.29, 1.82) is 0 Å². The minimum atomic E-state index is -0.929. The van der Waals surface area contributed by atoms with Crippen LogP contribution in [0, 0.1) is 5.82 Å². The van der Waals surface area contributed by atoms with Crippen LogP contribution in [0.5, 0.6) is 11.5 Å². The predicted octanol–water partition coefficient (Wildman–Crippen LogP) is 4.79. The van der Waals surface area contributed by atoms with Crippen LogP contribution in [-0.4, -0.2) is 30.0 Å². The first-order valence-corrected chi connectivity index (χ1v) is 11.0. The summed E-state index contributed by atoms with van der Waals surface area (Å²) in [6.07, 6.45) is 0.824. The number of amides is 1. The van der Waals surface area contributed by atoms with Gasteiger partial charge in [-0.15, -0.1) is 0 Å². The summed E-state index contributed by atoms with van der Waals surface area (Å²) < 4.78 is 24.8. The summed E-state index contributed by atoms with van der Waals surface area (Å²) in [7, 11) is 0. The predicted molar refractivity (Wildman–Crippen MR) is 124 cm³/mol. The lowest BCUT2D eigenvalue weighted by Crippen LogP contribution is -2.29. The molecule has 0 aromatic heterocycles. The molecule has 1 fully saturated rings. The van der Waals surface area contributed by atoms with Crippen molar-refractivity contribution in [3.63, 3.8) is 0 Å². The van der Waals surface area contributed by atoms with Gasteiger partial charge in [-0.2, -0.15) is 0 Å². The summed E-state index contributed by atoms with van der Waals surface area (Å²) in [4.78, 5) is 27.8. The molecule has 2 heterocycles. The standard InChI is InChI=1S/C27H22FNO5/c1-2-16-3-10-20(11-4-16)29-24(17-5-8-19(28)9-6-17)23(26(31)27(29)32)25(30)18-7-12-21-22(15-18)34-14-13-33-21/h3-12,15,24,30H,2,13-14H2,1H3/b25-23-. The molecule has 7 heteroatoms. The molecule has 3 aromatic rings. The van der Waals surface area contributed by atoms with E-state index in [-0.39, 0.29) is 11.3 Å². The second-order valence-corrected chi connectivity index (χ2v) is 8.10. The molecule has 5 rings (SSSR count). The maximum absolute atomic E-state index is 13.7. The molecule has 0 saturated carbocycles. The average Bonchev–Trinajstić information content (AvgIpc) is 3.14. The number of ether oxygens (including phenoxy) is 2. The zero-order valence-electron chi connectivity index (χ0n) is 18.5. The van der Waals surface area contributed by atoms with Crippen molar-refractivity contribution in [2.24, 2.45) is 0 Å². The quantitative estimate of drug-likeness (QED) is 0.345. The first-order chi connectivity index (χ1) is 16.5. The number of aliphatic hydroxyl groups excluding tert-OH is 1. The third-order valence-corrected chi connectivity index (χ3v) is 6.07. The number of hydrogen-bond acceptors (Lipinski definition) is 5. The van der Waals surface area contributed by atoms with Gasteiger partial charge in [0.25, 0.3) is 11.7 Å². The normalized spacial score (nSPS) is 18.9. The molecule has 34 heavy (non-hydrogen) atoms. The molecule has 1 N–H and O–H groups in total. The Kier molecular flexibility index (Phi) is 5.53. The zero-order chi connectivity index (χ0) is 23.8. The van der Waals surface area contributed by atoms with Gasteiger partial charge in [-0.25, -0.2) is 4.39 Å². The highest BCUT2D eigenvalue weighted by atomic mass is 19.1. The van der Waals surface area contributed by atoms with Crippen molar-refractivity contribution >= 4 is 23.1 Å². The highest BCUT2D eigenvalue weighted by Gasteiger charge is 2.47. The summed E-state index contributed by atoms with van der Waals surface area (Å²) >= 11 is 0. The van der Waals surface area contributed by atoms with Crippen molar-refractivity contribution in [2.75, 3.05) is 18.1 Å². The molecule has 0 bridgehead atoms. The molecule has 0 radical (unpaired) electrons. The maximum atomic E-state index is 13.7. The molecule has 0 spiro atoms. The van der Waals surface area contributed by atoms with E-state index in [0.717, 1.165) is 12.0 Å². The monoisotopic (exact) mass is 459 g/mol. The minimum absolute atomic E-state index is 0.0761. The number of anilines is 1. The van der Waals surface area contributed by atoms with E-state index in [1.807, 2.05) is 19.1 Å². The van der Waals surface area contributed by atoms with E-state index in [9.17, 15) is 19.1 Å². The van der Waals surface area contributed by atoms with E-state index in [1.54, 1.807) is 30.3 Å². The van der Waals surface area contributed by atoms with Gasteiger partial charge in [0.15, 0.2) is 11.5 Å². The Morgan fingerprint density at radius 3 is 2.32 bits per heavy atom. The molecular formula is C27H22FNO5. The van der Waals surface area contributed by atoms with Gasteiger partial charge >= 0.3 is 0 Å². The fraction of sp³-hybridized carbons (Fsp3) is 0.185. The average molecular weight is 459 g/mol. The Labute approximate surface area is 195 Å². The van der Waals surface area contributed by atoms with Gasteiger partial charge in [0.2, 0.25) is 0 Å². The topological polar surface area (TPSA) is 76.1 Å². The zero-order valence-corrected chi connectivity index (χ0v) is 18.5. The maximum Gasteiger partial charge on any atom is 0.300 e. The summed E-state index contributed by atoms with van der Waals surface area (Å²) in [5.74, 6) is -1.39. The number of rotatable bonds is 4. The van der Waals surface area contributed by atoms with Gasteiger partial charge in [-0.05, 0) is 60.0 Å². The molecule has 2 aliphatic rings. The van der Waals surface area contributed by atoms with Crippen LogP contribution in [-0.2, 0) is 16.0 Å². The molecule has 172 valence electrons. The largest absolute Gasteiger partial charge is 0.507 e. The summed E-state index contributed by atoms with van der Waals surface area (Å²) in [5, 5.41) is 11.3. The van der Waals surface area contributed by atoms with Gasteiger partial charge < -0.3 is 14.6 Å². The number of carbonyl (C=O) groups is 2. The van der Waals surface area contributed by atoms with E-state index in [4.69, 9.17) is 9.47 Å². The molecule has 1 saturated heterocycles. The highest BCUT2D eigenvalue weighted by molar-refractivity contribution is 6.51. The number of aliphatic hydroxyl groups is 1. The number of halogens is 1. The molecular weight excluding hydrogens is 437 g/mol. The van der Waals surface area contributed by atoms with Crippen LogP contribution in [0.15, 0.2) is 72.3 Å². The van der Waals surface area contributed by atoms with Crippen LogP contribution in [0.3, 0.4) is 0 Å². The fourth-order valence-corrected chi connectivity index (χ4v) is 4.30. The number of hydrogen-bond donors (Lipinski definition) is 1. The summed E-state index contributed by atoms with van der Waals surface area (Å²) in [6, 6.07) is 16.8. The first kappa shape index (κ1) is 21.7. The second kappa shape index (κ2) is 8.67. The number of Topliss-reactive ketones (excluding diaryl/α,β-unsaturated/α-hetero) is 1. The van der Waals surface area contributed by atoms with Crippen molar-refractivity contribution in [3.8, 4) is 11.5 Å². The Bertz CT molecular complexity index is 1300. The Morgan fingerprint density at radius 1 is 0.971 bits per heavy atom. The number of carbonyl (C=O) groups excluding carboxylic acids is 2. The van der Waals surface area contributed by atoms with Crippen LogP contribution in [0.25, 0.3) is 5.76 Å². The van der Waals surface area contributed by atoms with Gasteiger partial charge in [0.1, 0.15) is 24.8 Å². The van der Waals surface area contributed by atoms with Crippen molar-refractivity contribution < 1.29 is 28.6 Å². The number of nitrogens with zero attached hydrogens (tertiary/aromatic N) is 1. The van der Waals surface area contributed by atoms with Gasteiger partial charge in [-0.3, -0.25) is 14.5 Å². The third-order valence-electron chi connectivity index (χ3n) is 6.07. The number of ketones is 1. The summed E-state index contributed by atoms with van der Waals surface area (Å²) in [6.45, 7) is 2.81. The first-order valence-electron chi connectivity index (χ1n) is 11.0. The molecule has 1 atom stereocenters. The number of benzene rings is 3. The molecule has 1 unspecified atom stereocenters. The van der Waals surface area contributed by atoms with E-state index in [1.165, 1.54) is 29.2 Å². The van der Waals surface area contributed by atoms with Crippen molar-refractivity contribution in [3.05, 3.63) is 94.8 Å². The van der Waals surface area contributed by atoms with Crippen LogP contribution < -0.4 is 14.4 Å². The molecule has 6 nitrogen and oxygen atoms in total. The van der Waals surface area contributed by atoms with Crippen LogP contribution in [0.4, 0.5) is 10.1 Å². The minimum Gasteiger partial charge on any atom is -0.507 e. The Balaban J connectivity index is 1.67. The Morgan fingerprint density at radius 2 is 1.65 bits per heavy atom.